The van der Waals surface area contributed by atoms with E-state index in [2.05, 4.69) is 5.32 Å². The van der Waals surface area contributed by atoms with Gasteiger partial charge in [0.15, 0.2) is 0 Å². The van der Waals surface area contributed by atoms with E-state index in [9.17, 15) is 30.8 Å². The lowest BCUT2D eigenvalue weighted by Crippen LogP contribution is -2.38. The first-order chi connectivity index (χ1) is 15.9. The first-order valence-corrected chi connectivity index (χ1v) is 11.3. The summed E-state index contributed by atoms with van der Waals surface area (Å²) in [6.45, 7) is -0.889. The van der Waals surface area contributed by atoms with Gasteiger partial charge in [-0.05, 0) is 66.7 Å². The molecule has 0 aromatic heterocycles. The van der Waals surface area contributed by atoms with Crippen LogP contribution in [0.25, 0.3) is 0 Å². The monoisotopic (exact) mass is 516 g/mol. The van der Waals surface area contributed by atoms with Crippen LogP contribution in [0.2, 0.25) is 5.02 Å². The molecule has 0 unspecified atom stereocenters. The van der Waals surface area contributed by atoms with Crippen molar-refractivity contribution in [3.8, 4) is 5.75 Å². The second kappa shape index (κ2) is 9.90. The molecule has 0 saturated heterocycles. The number of anilines is 2. The highest BCUT2D eigenvalue weighted by atomic mass is 35.5. The maximum atomic E-state index is 13.4. The second-order valence-electron chi connectivity index (χ2n) is 6.90. The Balaban J connectivity index is 1.97. The average molecular weight is 517 g/mol. The summed E-state index contributed by atoms with van der Waals surface area (Å²) >= 11 is 5.65. The van der Waals surface area contributed by atoms with Crippen LogP contribution in [0.15, 0.2) is 71.6 Å². The zero-order valence-corrected chi connectivity index (χ0v) is 19.0. The molecule has 3 aromatic rings. The smallest absolute Gasteiger partial charge is 0.418 e. The van der Waals surface area contributed by atoms with Gasteiger partial charge in [0, 0.05) is 5.02 Å². The summed E-state index contributed by atoms with van der Waals surface area (Å²) in [7, 11) is -2.98. The lowest BCUT2D eigenvalue weighted by molar-refractivity contribution is -0.137. The summed E-state index contributed by atoms with van der Waals surface area (Å²) in [6, 6.07) is 12.3. The minimum atomic E-state index is -4.82. The van der Waals surface area contributed by atoms with Gasteiger partial charge in [-0.15, -0.1) is 0 Å². The highest BCUT2D eigenvalue weighted by Crippen LogP contribution is 2.36. The predicted molar refractivity (Wildman–Crippen MR) is 119 cm³/mol. The summed E-state index contributed by atoms with van der Waals surface area (Å²) < 4.78 is 85.7. The van der Waals surface area contributed by atoms with Crippen LogP contribution >= 0.6 is 11.6 Å². The summed E-state index contributed by atoms with van der Waals surface area (Å²) in [6.07, 6.45) is -4.82. The molecule has 0 atom stereocenters. The second-order valence-corrected chi connectivity index (χ2v) is 9.20. The molecule has 180 valence electrons. The number of ether oxygens (including phenoxy) is 1. The number of halogens is 5. The molecule has 1 N–H and O–H groups in total. The highest BCUT2D eigenvalue weighted by Gasteiger charge is 2.35. The van der Waals surface area contributed by atoms with Crippen molar-refractivity contribution in [2.45, 2.75) is 11.1 Å². The van der Waals surface area contributed by atoms with Crippen molar-refractivity contribution in [2.24, 2.45) is 0 Å². The van der Waals surface area contributed by atoms with E-state index in [4.69, 9.17) is 16.3 Å². The Bertz CT molecular complexity index is 1280. The molecular weight excluding hydrogens is 500 g/mol. The van der Waals surface area contributed by atoms with Crippen LogP contribution < -0.4 is 14.4 Å². The Kier molecular flexibility index (Phi) is 7.37. The molecule has 0 saturated carbocycles. The van der Waals surface area contributed by atoms with E-state index in [1.165, 1.54) is 31.4 Å². The maximum absolute atomic E-state index is 13.4. The third-order valence-electron chi connectivity index (χ3n) is 4.61. The maximum Gasteiger partial charge on any atom is 0.418 e. The van der Waals surface area contributed by atoms with E-state index in [1.807, 2.05) is 0 Å². The fourth-order valence-electron chi connectivity index (χ4n) is 2.98. The van der Waals surface area contributed by atoms with Crippen molar-refractivity contribution in [1.82, 2.24) is 0 Å². The van der Waals surface area contributed by atoms with Crippen molar-refractivity contribution in [3.63, 3.8) is 0 Å². The van der Waals surface area contributed by atoms with Crippen molar-refractivity contribution < 1.29 is 35.5 Å². The normalized spacial score (nSPS) is 11.7. The van der Waals surface area contributed by atoms with Gasteiger partial charge < -0.3 is 10.1 Å². The molecule has 0 aliphatic heterocycles. The Labute approximate surface area is 197 Å². The summed E-state index contributed by atoms with van der Waals surface area (Å²) in [4.78, 5) is 12.5. The molecule has 3 rings (SSSR count). The van der Waals surface area contributed by atoms with E-state index >= 15 is 0 Å². The standard InChI is InChI=1S/C22H17ClF4N2O4S/c1-33-17-7-9-18(10-8-17)34(31,32)29(16-5-3-15(24)4-6-16)13-21(30)28-20-11-2-14(23)12-19(20)22(25,26)27/h2-12H,13H2,1H3,(H,28,30). The summed E-state index contributed by atoms with van der Waals surface area (Å²) in [5, 5.41) is 1.89. The number of rotatable bonds is 7. The van der Waals surface area contributed by atoms with E-state index in [0.717, 1.165) is 36.4 Å². The number of alkyl halides is 3. The molecule has 6 nitrogen and oxygen atoms in total. The average Bonchev–Trinajstić information content (AvgIpc) is 2.78. The number of amides is 1. The van der Waals surface area contributed by atoms with Crippen molar-refractivity contribution in [3.05, 3.63) is 83.1 Å². The van der Waals surface area contributed by atoms with E-state index in [0.29, 0.717) is 16.1 Å². The number of nitrogens with zero attached hydrogens (tertiary/aromatic N) is 1. The lowest BCUT2D eigenvalue weighted by atomic mass is 10.1. The number of nitrogens with one attached hydrogen (secondary N) is 1. The first kappa shape index (κ1) is 25.3. The molecular formula is C22H17ClF4N2O4S. The van der Waals surface area contributed by atoms with Gasteiger partial charge in [0.05, 0.1) is 28.9 Å². The fraction of sp³-hybridized carbons (Fsp3) is 0.136. The van der Waals surface area contributed by atoms with Crippen molar-refractivity contribution in [2.75, 3.05) is 23.3 Å². The van der Waals surface area contributed by atoms with Gasteiger partial charge >= 0.3 is 6.18 Å². The summed E-state index contributed by atoms with van der Waals surface area (Å²) in [5.74, 6) is -1.33. The number of sulfonamides is 1. The molecule has 0 fully saturated rings. The Hall–Kier alpha value is -3.31. The van der Waals surface area contributed by atoms with Crippen molar-refractivity contribution >= 4 is 38.9 Å². The molecule has 0 bridgehead atoms. The van der Waals surface area contributed by atoms with Crippen LogP contribution in [0, 0.1) is 5.82 Å². The van der Waals surface area contributed by atoms with Crippen LogP contribution in [-0.4, -0.2) is 28.0 Å². The molecule has 3 aromatic carbocycles. The minimum absolute atomic E-state index is 0.0699. The third kappa shape index (κ3) is 5.78. The fourth-order valence-corrected chi connectivity index (χ4v) is 4.57. The largest absolute Gasteiger partial charge is 0.497 e. The third-order valence-corrected chi connectivity index (χ3v) is 6.63. The van der Waals surface area contributed by atoms with Gasteiger partial charge in [-0.25, -0.2) is 12.8 Å². The van der Waals surface area contributed by atoms with Crippen LogP contribution in [0.1, 0.15) is 5.56 Å². The predicted octanol–water partition coefficient (Wildman–Crippen LogP) is 5.34. The SMILES string of the molecule is COc1ccc(S(=O)(=O)N(CC(=O)Nc2ccc(Cl)cc2C(F)(F)F)c2ccc(F)cc2)cc1. The summed E-state index contributed by atoms with van der Waals surface area (Å²) in [5.41, 5.74) is -1.86. The van der Waals surface area contributed by atoms with Crippen LogP contribution in [0.3, 0.4) is 0 Å². The van der Waals surface area contributed by atoms with Gasteiger partial charge in [-0.3, -0.25) is 9.10 Å². The van der Waals surface area contributed by atoms with Gasteiger partial charge in [0.2, 0.25) is 5.91 Å². The molecule has 1 amide bonds. The van der Waals surface area contributed by atoms with Crippen LogP contribution in [-0.2, 0) is 21.0 Å². The molecule has 12 heteroatoms. The Morgan fingerprint density at radius 1 is 1.03 bits per heavy atom. The van der Waals surface area contributed by atoms with E-state index in [1.54, 1.807) is 0 Å². The van der Waals surface area contributed by atoms with E-state index in [-0.39, 0.29) is 15.6 Å². The first-order valence-electron chi connectivity index (χ1n) is 9.51. The van der Waals surface area contributed by atoms with Crippen molar-refractivity contribution in [1.29, 1.82) is 0 Å². The Morgan fingerprint density at radius 3 is 2.21 bits per heavy atom. The lowest BCUT2D eigenvalue weighted by Gasteiger charge is -2.24. The molecule has 0 radical (unpaired) electrons. The van der Waals surface area contributed by atoms with Crippen LogP contribution in [0.4, 0.5) is 28.9 Å². The highest BCUT2D eigenvalue weighted by molar-refractivity contribution is 7.92. The topological polar surface area (TPSA) is 75.7 Å². The number of carbonyl (C=O) groups excluding carboxylic acids is 1. The zero-order chi connectivity index (χ0) is 25.1. The Morgan fingerprint density at radius 2 is 1.65 bits per heavy atom. The molecule has 0 aliphatic carbocycles. The van der Waals surface area contributed by atoms with Gasteiger partial charge in [-0.1, -0.05) is 11.6 Å². The number of hydrogen-bond acceptors (Lipinski definition) is 4. The number of methoxy groups -OCH3 is 1. The molecule has 0 heterocycles. The van der Waals surface area contributed by atoms with Gasteiger partial charge in [-0.2, -0.15) is 13.2 Å². The van der Waals surface area contributed by atoms with Crippen LogP contribution in [0.5, 0.6) is 5.75 Å². The molecule has 0 aliphatic rings. The minimum Gasteiger partial charge on any atom is -0.497 e. The quantitative estimate of drug-likeness (QED) is 0.430. The van der Waals surface area contributed by atoms with E-state index < -0.39 is 45.7 Å². The number of benzene rings is 3. The molecule has 0 spiro atoms. The zero-order valence-electron chi connectivity index (χ0n) is 17.4. The number of carbonyl (C=O) groups is 1. The molecule has 34 heavy (non-hydrogen) atoms. The number of hydrogen-bond donors (Lipinski definition) is 1. The van der Waals surface area contributed by atoms with Gasteiger partial charge in [0.1, 0.15) is 18.1 Å². The van der Waals surface area contributed by atoms with Gasteiger partial charge in [0.25, 0.3) is 10.0 Å².